The average Bonchev–Trinajstić information content (AvgIpc) is 3.38. The van der Waals surface area contributed by atoms with E-state index in [-0.39, 0.29) is 6.04 Å². The van der Waals surface area contributed by atoms with E-state index in [4.69, 9.17) is 0 Å². The van der Waals surface area contributed by atoms with Crippen LogP contribution in [0.1, 0.15) is 28.8 Å². The van der Waals surface area contributed by atoms with Crippen LogP contribution >= 0.6 is 0 Å². The predicted octanol–water partition coefficient (Wildman–Crippen LogP) is 3.14. The lowest BCUT2D eigenvalue weighted by Crippen LogP contribution is -2.36. The zero-order valence-corrected chi connectivity index (χ0v) is 14.9. The first-order valence-electron chi connectivity index (χ1n) is 9.15. The molecule has 4 heterocycles. The molecule has 4 aromatic rings. The molecule has 3 aromatic heterocycles. The fourth-order valence-corrected chi connectivity index (χ4v) is 3.82. The monoisotopic (exact) mass is 356 g/mol. The molecule has 6 nitrogen and oxygen atoms in total. The van der Waals surface area contributed by atoms with Gasteiger partial charge in [0, 0.05) is 37.6 Å². The van der Waals surface area contributed by atoms with Crippen LogP contribution in [-0.4, -0.2) is 36.2 Å². The summed E-state index contributed by atoms with van der Waals surface area (Å²) in [6.07, 6.45) is 6.46. The number of rotatable bonds is 4. The Morgan fingerprint density at radius 1 is 0.963 bits per heavy atom. The normalized spacial score (nSPS) is 17.0. The van der Waals surface area contributed by atoms with Gasteiger partial charge in [0.1, 0.15) is 0 Å². The molecular formula is C21H20N6. The number of aromatic nitrogens is 5. The first-order chi connectivity index (χ1) is 13.4. The Balaban J connectivity index is 1.51. The Kier molecular flexibility index (Phi) is 4.03. The van der Waals surface area contributed by atoms with Gasteiger partial charge in [0.15, 0.2) is 0 Å². The van der Waals surface area contributed by atoms with E-state index in [1.165, 1.54) is 5.69 Å². The lowest BCUT2D eigenvalue weighted by atomic mass is 9.99. The topological polar surface area (TPSA) is 62.6 Å². The highest BCUT2D eigenvalue weighted by Crippen LogP contribution is 2.33. The molecule has 0 spiro atoms. The summed E-state index contributed by atoms with van der Waals surface area (Å²) in [5.41, 5.74) is 5.53. The van der Waals surface area contributed by atoms with Gasteiger partial charge in [-0.3, -0.25) is 9.88 Å². The summed E-state index contributed by atoms with van der Waals surface area (Å²) < 4.78 is 2.01. The van der Waals surface area contributed by atoms with E-state index in [9.17, 15) is 0 Å². The summed E-state index contributed by atoms with van der Waals surface area (Å²) in [6.45, 7) is 1.72. The number of hydrogen-bond donors (Lipinski definition) is 1. The molecule has 5 rings (SSSR count). The Hall–Kier alpha value is -3.25. The van der Waals surface area contributed by atoms with Crippen LogP contribution in [0, 0.1) is 0 Å². The predicted molar refractivity (Wildman–Crippen MR) is 102 cm³/mol. The zero-order valence-electron chi connectivity index (χ0n) is 14.9. The number of hydrogen-bond acceptors (Lipinski definition) is 4. The van der Waals surface area contributed by atoms with Gasteiger partial charge in [0.05, 0.1) is 35.1 Å². The van der Waals surface area contributed by atoms with Gasteiger partial charge < -0.3 is 4.98 Å². The van der Waals surface area contributed by atoms with Gasteiger partial charge in [-0.25, -0.2) is 9.67 Å². The Labute approximate surface area is 157 Å². The molecule has 6 heteroatoms. The molecule has 1 aliphatic heterocycles. The van der Waals surface area contributed by atoms with Crippen molar-refractivity contribution >= 4 is 0 Å². The number of nitrogens with zero attached hydrogens (tertiary/aromatic N) is 5. The van der Waals surface area contributed by atoms with Crippen LogP contribution in [0.15, 0.2) is 73.3 Å². The second-order valence-corrected chi connectivity index (χ2v) is 6.71. The highest BCUT2D eigenvalue weighted by molar-refractivity contribution is 5.33. The Morgan fingerprint density at radius 3 is 2.70 bits per heavy atom. The van der Waals surface area contributed by atoms with E-state index < -0.39 is 0 Å². The number of nitrogens with one attached hydrogen (secondary N) is 1. The summed E-state index contributed by atoms with van der Waals surface area (Å²) in [5.74, 6) is 0. The van der Waals surface area contributed by atoms with Gasteiger partial charge in [-0.15, -0.1) is 0 Å². The minimum absolute atomic E-state index is 0.0420. The molecule has 1 atom stereocenters. The van der Waals surface area contributed by atoms with Crippen LogP contribution in [0.4, 0.5) is 0 Å². The summed E-state index contributed by atoms with van der Waals surface area (Å²) in [5, 5.41) is 4.54. The van der Waals surface area contributed by atoms with E-state index in [1.54, 1.807) is 6.33 Å². The lowest BCUT2D eigenvalue weighted by molar-refractivity contribution is 0.193. The van der Waals surface area contributed by atoms with Crippen molar-refractivity contribution < 1.29 is 0 Å². The van der Waals surface area contributed by atoms with Crippen LogP contribution in [0.5, 0.6) is 0 Å². The molecule has 0 fully saturated rings. The molecule has 134 valence electrons. The van der Waals surface area contributed by atoms with Crippen molar-refractivity contribution in [2.24, 2.45) is 0 Å². The third-order valence-electron chi connectivity index (χ3n) is 5.08. The molecule has 1 aromatic carbocycles. The van der Waals surface area contributed by atoms with Gasteiger partial charge in [0.25, 0.3) is 0 Å². The fraction of sp³-hybridized carbons (Fsp3) is 0.190. The maximum Gasteiger partial charge on any atom is 0.0971 e. The van der Waals surface area contributed by atoms with Gasteiger partial charge in [-0.05, 0) is 30.3 Å². The van der Waals surface area contributed by atoms with Crippen molar-refractivity contribution in [3.05, 3.63) is 96.1 Å². The average molecular weight is 356 g/mol. The SMILES string of the molecule is c1ccc(-n2nccc2CN2CCc3[nH]cnc3C2c2ccccn2)cc1. The summed E-state index contributed by atoms with van der Waals surface area (Å²) in [7, 11) is 0. The molecule has 27 heavy (non-hydrogen) atoms. The molecule has 0 saturated carbocycles. The van der Waals surface area contributed by atoms with Crippen LogP contribution < -0.4 is 0 Å². The molecule has 0 aliphatic carbocycles. The third kappa shape index (κ3) is 2.94. The number of benzene rings is 1. The minimum Gasteiger partial charge on any atom is -0.348 e. The van der Waals surface area contributed by atoms with E-state index >= 15 is 0 Å². The lowest BCUT2D eigenvalue weighted by Gasteiger charge is -2.34. The minimum atomic E-state index is 0.0420. The number of para-hydroxylation sites is 1. The highest BCUT2D eigenvalue weighted by atomic mass is 15.3. The maximum atomic E-state index is 4.62. The molecule has 0 radical (unpaired) electrons. The Bertz CT molecular complexity index is 1020. The number of fused-ring (bicyclic) bond motifs is 1. The van der Waals surface area contributed by atoms with Gasteiger partial charge >= 0.3 is 0 Å². The van der Waals surface area contributed by atoms with E-state index in [1.807, 2.05) is 47.4 Å². The smallest absolute Gasteiger partial charge is 0.0971 e. The zero-order chi connectivity index (χ0) is 18.1. The molecule has 1 N–H and O–H groups in total. The van der Waals surface area contributed by atoms with Crippen molar-refractivity contribution in [2.75, 3.05) is 6.54 Å². The molecule has 0 amide bonds. The second kappa shape index (κ2) is 6.81. The van der Waals surface area contributed by atoms with Crippen molar-refractivity contribution in [3.8, 4) is 5.69 Å². The van der Waals surface area contributed by atoms with E-state index in [2.05, 4.69) is 49.2 Å². The molecule has 1 unspecified atom stereocenters. The van der Waals surface area contributed by atoms with Gasteiger partial charge in [-0.2, -0.15) is 5.10 Å². The number of H-pyrrole nitrogens is 1. The summed E-state index contributed by atoms with van der Waals surface area (Å²) in [6, 6.07) is 18.4. The fourth-order valence-electron chi connectivity index (χ4n) is 3.82. The van der Waals surface area contributed by atoms with Crippen LogP contribution in [0.3, 0.4) is 0 Å². The summed E-state index contributed by atoms with van der Waals surface area (Å²) in [4.78, 5) is 15.0. The van der Waals surface area contributed by atoms with Crippen LogP contribution in [-0.2, 0) is 13.0 Å². The van der Waals surface area contributed by atoms with Crippen LogP contribution in [0.25, 0.3) is 5.69 Å². The van der Waals surface area contributed by atoms with Crippen LogP contribution in [0.2, 0.25) is 0 Å². The van der Waals surface area contributed by atoms with Gasteiger partial charge in [-0.1, -0.05) is 24.3 Å². The van der Waals surface area contributed by atoms with E-state index in [0.717, 1.165) is 42.3 Å². The molecular weight excluding hydrogens is 336 g/mol. The summed E-state index contributed by atoms with van der Waals surface area (Å²) >= 11 is 0. The van der Waals surface area contributed by atoms with Crippen molar-refractivity contribution in [2.45, 2.75) is 19.0 Å². The number of imidazole rings is 1. The van der Waals surface area contributed by atoms with Crippen molar-refractivity contribution in [1.29, 1.82) is 0 Å². The van der Waals surface area contributed by atoms with Crippen molar-refractivity contribution in [3.63, 3.8) is 0 Å². The molecule has 0 bridgehead atoms. The first kappa shape index (κ1) is 16.0. The van der Waals surface area contributed by atoms with Crippen molar-refractivity contribution in [1.82, 2.24) is 29.6 Å². The second-order valence-electron chi connectivity index (χ2n) is 6.71. The quantitative estimate of drug-likeness (QED) is 0.610. The number of aromatic amines is 1. The molecule has 1 aliphatic rings. The van der Waals surface area contributed by atoms with E-state index in [0.29, 0.717) is 0 Å². The standard InChI is InChI=1S/C21H20N6/c1-2-6-16(7-3-1)27-17(9-12-25-27)14-26-13-10-18-20(24-15-23-18)21(26)19-8-4-5-11-22-19/h1-9,11-12,15,21H,10,13-14H2,(H,23,24). The number of pyridine rings is 1. The maximum absolute atomic E-state index is 4.62. The third-order valence-corrected chi connectivity index (χ3v) is 5.08. The van der Waals surface area contributed by atoms with Gasteiger partial charge in [0.2, 0.25) is 0 Å². The molecule has 0 saturated heterocycles. The Morgan fingerprint density at radius 2 is 1.85 bits per heavy atom. The first-order valence-corrected chi connectivity index (χ1v) is 9.15. The highest BCUT2D eigenvalue weighted by Gasteiger charge is 2.32. The largest absolute Gasteiger partial charge is 0.348 e.